The molecule has 1 aromatic carbocycles. The lowest BCUT2D eigenvalue weighted by Gasteiger charge is -2.22. The van der Waals surface area contributed by atoms with Crippen LogP contribution in [0, 0.1) is 0 Å². The molecule has 0 heterocycles. The molecule has 4 heteroatoms. The summed E-state index contributed by atoms with van der Waals surface area (Å²) in [5, 5.41) is 9.73. The number of rotatable bonds is 6. The van der Waals surface area contributed by atoms with Crippen LogP contribution in [0.5, 0.6) is 5.75 Å². The normalized spacial score (nSPS) is 13.4. The summed E-state index contributed by atoms with van der Waals surface area (Å²) in [6, 6.07) is 7.54. The van der Waals surface area contributed by atoms with Crippen LogP contribution < -0.4 is 10.5 Å². The fourth-order valence-electron chi connectivity index (χ4n) is 1.35. The molecule has 0 radical (unpaired) electrons. The predicted octanol–water partition coefficient (Wildman–Crippen LogP) is 1.70. The SMILES string of the molecule is CC(C)(C)OCC(O)COc1cccc(CN)c1. The van der Waals surface area contributed by atoms with Crippen molar-refractivity contribution >= 4 is 0 Å². The molecule has 0 spiro atoms. The molecule has 0 aromatic heterocycles. The van der Waals surface area contributed by atoms with Gasteiger partial charge in [0.05, 0.1) is 12.2 Å². The molecule has 0 fully saturated rings. The average Bonchev–Trinajstić information content (AvgIpc) is 2.33. The van der Waals surface area contributed by atoms with E-state index in [1.54, 1.807) is 0 Å². The zero-order valence-corrected chi connectivity index (χ0v) is 11.3. The van der Waals surface area contributed by atoms with E-state index in [9.17, 15) is 5.11 Å². The second kappa shape index (κ2) is 6.73. The van der Waals surface area contributed by atoms with Crippen molar-refractivity contribution in [3.63, 3.8) is 0 Å². The van der Waals surface area contributed by atoms with Gasteiger partial charge in [0.2, 0.25) is 0 Å². The topological polar surface area (TPSA) is 64.7 Å². The van der Waals surface area contributed by atoms with Gasteiger partial charge in [-0.2, -0.15) is 0 Å². The molecule has 0 bridgehead atoms. The minimum Gasteiger partial charge on any atom is -0.491 e. The number of nitrogens with two attached hydrogens (primary N) is 1. The average molecular weight is 253 g/mol. The van der Waals surface area contributed by atoms with Crippen molar-refractivity contribution in [1.29, 1.82) is 0 Å². The molecule has 4 nitrogen and oxygen atoms in total. The molecule has 0 aliphatic heterocycles. The van der Waals surface area contributed by atoms with Gasteiger partial charge in [0.15, 0.2) is 0 Å². The van der Waals surface area contributed by atoms with Gasteiger partial charge in [-0.15, -0.1) is 0 Å². The van der Waals surface area contributed by atoms with Crippen molar-refractivity contribution in [3.8, 4) is 5.75 Å². The van der Waals surface area contributed by atoms with Crippen molar-refractivity contribution in [2.45, 2.75) is 39.0 Å². The zero-order valence-electron chi connectivity index (χ0n) is 11.3. The number of aliphatic hydroxyl groups is 1. The lowest BCUT2D eigenvalue weighted by molar-refractivity contribution is -0.0586. The summed E-state index contributed by atoms with van der Waals surface area (Å²) in [7, 11) is 0. The zero-order chi connectivity index (χ0) is 13.6. The number of ether oxygens (including phenoxy) is 2. The van der Waals surface area contributed by atoms with E-state index in [0.717, 1.165) is 5.56 Å². The third-order valence-electron chi connectivity index (χ3n) is 2.29. The summed E-state index contributed by atoms with van der Waals surface area (Å²) in [5.41, 5.74) is 6.30. The van der Waals surface area contributed by atoms with Gasteiger partial charge in [-0.3, -0.25) is 0 Å². The van der Waals surface area contributed by atoms with Gasteiger partial charge in [-0.25, -0.2) is 0 Å². The van der Waals surface area contributed by atoms with Crippen LogP contribution in [0.25, 0.3) is 0 Å². The van der Waals surface area contributed by atoms with E-state index >= 15 is 0 Å². The molecule has 1 atom stereocenters. The van der Waals surface area contributed by atoms with E-state index in [0.29, 0.717) is 12.3 Å². The first-order valence-corrected chi connectivity index (χ1v) is 6.14. The number of hydrogen-bond donors (Lipinski definition) is 2. The smallest absolute Gasteiger partial charge is 0.119 e. The van der Waals surface area contributed by atoms with Crippen molar-refractivity contribution < 1.29 is 14.6 Å². The Bertz CT molecular complexity index is 360. The molecular weight excluding hydrogens is 230 g/mol. The maximum absolute atomic E-state index is 9.73. The Morgan fingerprint density at radius 2 is 2.00 bits per heavy atom. The van der Waals surface area contributed by atoms with Gasteiger partial charge in [0.25, 0.3) is 0 Å². The largest absolute Gasteiger partial charge is 0.491 e. The molecule has 0 saturated carbocycles. The molecule has 1 rings (SSSR count). The van der Waals surface area contributed by atoms with Crippen molar-refractivity contribution in [1.82, 2.24) is 0 Å². The van der Waals surface area contributed by atoms with Crippen molar-refractivity contribution in [2.24, 2.45) is 5.73 Å². The fraction of sp³-hybridized carbons (Fsp3) is 0.571. The summed E-state index contributed by atoms with van der Waals surface area (Å²) in [6.07, 6.45) is -0.634. The standard InChI is InChI=1S/C14H23NO3/c1-14(2,3)18-10-12(16)9-17-13-6-4-5-11(7-13)8-15/h4-7,12,16H,8-10,15H2,1-3H3. The summed E-state index contributed by atoms with van der Waals surface area (Å²) in [5.74, 6) is 0.716. The highest BCUT2D eigenvalue weighted by atomic mass is 16.5. The first kappa shape index (κ1) is 15.0. The summed E-state index contributed by atoms with van der Waals surface area (Å²) in [4.78, 5) is 0. The first-order chi connectivity index (χ1) is 8.40. The van der Waals surface area contributed by atoms with Crippen molar-refractivity contribution in [3.05, 3.63) is 29.8 Å². The van der Waals surface area contributed by atoms with Crippen LogP contribution >= 0.6 is 0 Å². The molecule has 102 valence electrons. The Morgan fingerprint density at radius 1 is 1.28 bits per heavy atom. The molecule has 0 amide bonds. The lowest BCUT2D eigenvalue weighted by Crippen LogP contribution is -2.29. The minimum absolute atomic E-state index is 0.212. The third kappa shape index (κ3) is 6.00. The van der Waals surface area contributed by atoms with Crippen molar-refractivity contribution in [2.75, 3.05) is 13.2 Å². The highest BCUT2D eigenvalue weighted by Crippen LogP contribution is 2.13. The molecule has 1 aromatic rings. The highest BCUT2D eigenvalue weighted by Gasteiger charge is 2.14. The summed E-state index contributed by atoms with van der Waals surface area (Å²) in [6.45, 7) is 6.80. The summed E-state index contributed by atoms with van der Waals surface area (Å²) >= 11 is 0. The van der Waals surface area contributed by atoms with E-state index in [2.05, 4.69) is 0 Å². The monoisotopic (exact) mass is 253 g/mol. The second-order valence-electron chi connectivity index (χ2n) is 5.24. The Balaban J connectivity index is 2.35. The van der Waals surface area contributed by atoms with Crippen LogP contribution in [-0.2, 0) is 11.3 Å². The Hall–Kier alpha value is -1.10. The van der Waals surface area contributed by atoms with Gasteiger partial charge < -0.3 is 20.3 Å². The number of benzene rings is 1. The molecular formula is C14H23NO3. The molecule has 3 N–H and O–H groups in total. The van der Waals surface area contributed by atoms with E-state index < -0.39 is 6.10 Å². The van der Waals surface area contributed by atoms with Crippen LogP contribution in [0.3, 0.4) is 0 Å². The molecule has 0 aliphatic carbocycles. The molecule has 18 heavy (non-hydrogen) atoms. The van der Waals surface area contributed by atoms with Crippen LogP contribution in [-0.4, -0.2) is 30.0 Å². The first-order valence-electron chi connectivity index (χ1n) is 6.14. The molecule has 0 saturated heterocycles. The quantitative estimate of drug-likeness (QED) is 0.810. The minimum atomic E-state index is -0.634. The van der Waals surface area contributed by atoms with Crippen LogP contribution in [0.2, 0.25) is 0 Å². The summed E-state index contributed by atoms with van der Waals surface area (Å²) < 4.78 is 11.0. The fourth-order valence-corrected chi connectivity index (χ4v) is 1.35. The maximum atomic E-state index is 9.73. The third-order valence-corrected chi connectivity index (χ3v) is 2.29. The lowest BCUT2D eigenvalue weighted by atomic mass is 10.2. The second-order valence-corrected chi connectivity index (χ2v) is 5.24. The van der Waals surface area contributed by atoms with Crippen LogP contribution in [0.15, 0.2) is 24.3 Å². The van der Waals surface area contributed by atoms with E-state index in [1.165, 1.54) is 0 Å². The Kier molecular flexibility index (Phi) is 5.59. The maximum Gasteiger partial charge on any atom is 0.119 e. The van der Waals surface area contributed by atoms with E-state index in [-0.39, 0.29) is 18.8 Å². The van der Waals surface area contributed by atoms with Gasteiger partial charge in [-0.05, 0) is 38.5 Å². The highest BCUT2D eigenvalue weighted by molar-refractivity contribution is 5.28. The molecule has 0 aliphatic rings. The number of aliphatic hydroxyl groups excluding tert-OH is 1. The molecule has 1 unspecified atom stereocenters. The predicted molar refractivity (Wildman–Crippen MR) is 71.5 cm³/mol. The van der Waals surface area contributed by atoms with Gasteiger partial charge in [0, 0.05) is 6.54 Å². The van der Waals surface area contributed by atoms with Crippen LogP contribution in [0.1, 0.15) is 26.3 Å². The Morgan fingerprint density at radius 3 is 2.61 bits per heavy atom. The van der Waals surface area contributed by atoms with E-state index in [1.807, 2.05) is 45.0 Å². The van der Waals surface area contributed by atoms with Gasteiger partial charge in [-0.1, -0.05) is 12.1 Å². The van der Waals surface area contributed by atoms with Gasteiger partial charge >= 0.3 is 0 Å². The van der Waals surface area contributed by atoms with Crippen LogP contribution in [0.4, 0.5) is 0 Å². The van der Waals surface area contributed by atoms with E-state index in [4.69, 9.17) is 15.2 Å². The van der Waals surface area contributed by atoms with Gasteiger partial charge in [0.1, 0.15) is 18.5 Å². The Labute approximate surface area is 109 Å². The number of hydrogen-bond acceptors (Lipinski definition) is 4.